The lowest BCUT2D eigenvalue weighted by Crippen LogP contribution is -2.42. The molecule has 0 bridgehead atoms. The first kappa shape index (κ1) is 14.3. The second-order valence-electron chi connectivity index (χ2n) is 5.01. The van der Waals surface area contributed by atoms with Crippen molar-refractivity contribution in [1.82, 2.24) is 4.90 Å². The van der Waals surface area contributed by atoms with E-state index in [1.165, 1.54) is 0 Å². The second kappa shape index (κ2) is 6.39. The summed E-state index contributed by atoms with van der Waals surface area (Å²) in [6.45, 7) is 2.69. The third-order valence-electron chi connectivity index (χ3n) is 3.47. The Hall–Kier alpha value is -1.07. The van der Waals surface area contributed by atoms with E-state index in [9.17, 15) is 4.79 Å². The maximum Gasteiger partial charge on any atom is 0.305 e. The Kier molecular flexibility index (Phi) is 4.82. The minimum absolute atomic E-state index is 0.0173. The van der Waals surface area contributed by atoms with Gasteiger partial charge in [-0.25, -0.2) is 0 Å². The highest BCUT2D eigenvalue weighted by Gasteiger charge is 2.26. The van der Waals surface area contributed by atoms with Crippen molar-refractivity contribution in [1.29, 1.82) is 0 Å². The number of benzene rings is 1. The molecule has 1 aliphatic heterocycles. The highest BCUT2D eigenvalue weighted by atomic mass is 79.9. The standard InChI is InChI=1S/C14H19BrN2O2/c1-16-7-4-8-17(11(10-16)9-14(18)19)13-6-3-2-5-12(13)15/h2-3,5-6,11H,4,7-10H2,1H3,(H,18,19). The van der Waals surface area contributed by atoms with E-state index < -0.39 is 5.97 Å². The molecule has 0 spiro atoms. The summed E-state index contributed by atoms with van der Waals surface area (Å²) in [6.07, 6.45) is 1.22. The molecule has 19 heavy (non-hydrogen) atoms. The van der Waals surface area contributed by atoms with Crippen LogP contribution in [-0.2, 0) is 4.79 Å². The van der Waals surface area contributed by atoms with Gasteiger partial charge in [0.1, 0.15) is 0 Å². The van der Waals surface area contributed by atoms with E-state index in [2.05, 4.69) is 32.8 Å². The molecule has 1 aliphatic rings. The Labute approximate surface area is 122 Å². The lowest BCUT2D eigenvalue weighted by atomic mass is 10.1. The lowest BCUT2D eigenvalue weighted by Gasteiger charge is -2.32. The molecule has 5 heteroatoms. The number of carboxylic acids is 1. The summed E-state index contributed by atoms with van der Waals surface area (Å²) >= 11 is 3.56. The summed E-state index contributed by atoms with van der Waals surface area (Å²) in [4.78, 5) is 15.5. The van der Waals surface area contributed by atoms with Gasteiger partial charge in [0.15, 0.2) is 0 Å². The van der Waals surface area contributed by atoms with Crippen LogP contribution < -0.4 is 4.90 Å². The molecule has 0 aliphatic carbocycles. The van der Waals surface area contributed by atoms with Gasteiger partial charge < -0.3 is 14.9 Å². The number of para-hydroxylation sites is 1. The highest BCUT2D eigenvalue weighted by Crippen LogP contribution is 2.29. The Balaban J connectivity index is 2.28. The first-order valence-corrected chi connectivity index (χ1v) is 7.28. The molecule has 0 amide bonds. The van der Waals surface area contributed by atoms with Gasteiger partial charge in [0, 0.05) is 17.6 Å². The Morgan fingerprint density at radius 3 is 2.84 bits per heavy atom. The SMILES string of the molecule is CN1CCCN(c2ccccc2Br)C(CC(=O)O)C1. The van der Waals surface area contributed by atoms with Crippen molar-refractivity contribution in [2.45, 2.75) is 18.9 Å². The number of carboxylic acid groups (broad SMARTS) is 1. The molecular formula is C14H19BrN2O2. The van der Waals surface area contributed by atoms with E-state index in [4.69, 9.17) is 5.11 Å². The van der Waals surface area contributed by atoms with Crippen LogP contribution in [0.4, 0.5) is 5.69 Å². The van der Waals surface area contributed by atoms with Gasteiger partial charge in [0.2, 0.25) is 0 Å². The third-order valence-corrected chi connectivity index (χ3v) is 4.14. The number of anilines is 1. The number of likely N-dealkylation sites (N-methyl/N-ethyl adjacent to an activating group) is 1. The molecule has 0 aromatic heterocycles. The van der Waals surface area contributed by atoms with Crippen molar-refractivity contribution in [3.63, 3.8) is 0 Å². The molecule has 1 atom stereocenters. The lowest BCUT2D eigenvalue weighted by molar-refractivity contribution is -0.137. The number of rotatable bonds is 3. The highest BCUT2D eigenvalue weighted by molar-refractivity contribution is 9.10. The van der Waals surface area contributed by atoms with Crippen molar-refractivity contribution >= 4 is 27.6 Å². The molecule has 1 fully saturated rings. The molecule has 1 aromatic rings. The molecule has 1 heterocycles. The van der Waals surface area contributed by atoms with Crippen LogP contribution in [0.25, 0.3) is 0 Å². The molecule has 1 saturated heterocycles. The van der Waals surface area contributed by atoms with Gasteiger partial charge in [-0.1, -0.05) is 12.1 Å². The molecule has 4 nitrogen and oxygen atoms in total. The van der Waals surface area contributed by atoms with Gasteiger partial charge in [-0.05, 0) is 48.1 Å². The minimum Gasteiger partial charge on any atom is -0.481 e. The zero-order valence-corrected chi connectivity index (χ0v) is 12.6. The largest absolute Gasteiger partial charge is 0.481 e. The first-order chi connectivity index (χ1) is 9.08. The zero-order chi connectivity index (χ0) is 13.8. The van der Waals surface area contributed by atoms with Crippen LogP contribution in [0, 0.1) is 0 Å². The van der Waals surface area contributed by atoms with Gasteiger partial charge in [0.25, 0.3) is 0 Å². The number of hydrogen-bond donors (Lipinski definition) is 1. The Morgan fingerprint density at radius 1 is 1.42 bits per heavy atom. The fourth-order valence-electron chi connectivity index (χ4n) is 2.62. The van der Waals surface area contributed by atoms with Gasteiger partial charge >= 0.3 is 5.97 Å². The summed E-state index contributed by atoms with van der Waals surface area (Å²) in [5.74, 6) is -0.739. The monoisotopic (exact) mass is 326 g/mol. The van der Waals surface area contributed by atoms with Crippen molar-refractivity contribution in [2.24, 2.45) is 0 Å². The number of halogens is 1. The van der Waals surface area contributed by atoms with Crippen molar-refractivity contribution in [2.75, 3.05) is 31.6 Å². The van der Waals surface area contributed by atoms with Crippen LogP contribution in [-0.4, -0.2) is 48.7 Å². The van der Waals surface area contributed by atoms with Gasteiger partial charge in [-0.3, -0.25) is 4.79 Å². The van der Waals surface area contributed by atoms with Crippen LogP contribution in [0.2, 0.25) is 0 Å². The number of hydrogen-bond acceptors (Lipinski definition) is 3. The molecule has 1 N–H and O–H groups in total. The zero-order valence-electron chi connectivity index (χ0n) is 11.1. The summed E-state index contributed by atoms with van der Waals surface area (Å²) in [5, 5.41) is 9.12. The van der Waals surface area contributed by atoms with Crippen LogP contribution >= 0.6 is 15.9 Å². The maximum absolute atomic E-state index is 11.1. The number of nitrogens with zero attached hydrogens (tertiary/aromatic N) is 2. The predicted octanol–water partition coefficient (Wildman–Crippen LogP) is 2.43. The van der Waals surface area contributed by atoms with E-state index in [1.54, 1.807) is 0 Å². The summed E-state index contributed by atoms with van der Waals surface area (Å²) in [6, 6.07) is 8.03. The number of carbonyl (C=O) groups is 1. The van der Waals surface area contributed by atoms with Crippen molar-refractivity contribution in [3.05, 3.63) is 28.7 Å². The molecule has 2 rings (SSSR count). The Morgan fingerprint density at radius 2 is 2.16 bits per heavy atom. The van der Waals surface area contributed by atoms with Gasteiger partial charge in [0.05, 0.1) is 18.2 Å². The minimum atomic E-state index is -0.739. The second-order valence-corrected chi connectivity index (χ2v) is 5.87. The molecule has 0 radical (unpaired) electrons. The van der Waals surface area contributed by atoms with E-state index in [0.717, 1.165) is 36.2 Å². The van der Waals surface area contributed by atoms with Gasteiger partial charge in [-0.15, -0.1) is 0 Å². The summed E-state index contributed by atoms with van der Waals surface area (Å²) in [7, 11) is 2.05. The number of aliphatic carboxylic acids is 1. The topological polar surface area (TPSA) is 43.8 Å². The van der Waals surface area contributed by atoms with E-state index in [0.29, 0.717) is 0 Å². The Bertz CT molecular complexity index is 453. The maximum atomic E-state index is 11.1. The van der Waals surface area contributed by atoms with Crippen molar-refractivity contribution in [3.8, 4) is 0 Å². The smallest absolute Gasteiger partial charge is 0.305 e. The van der Waals surface area contributed by atoms with Crippen LogP contribution in [0.1, 0.15) is 12.8 Å². The molecule has 104 valence electrons. The third kappa shape index (κ3) is 3.70. The van der Waals surface area contributed by atoms with E-state index in [-0.39, 0.29) is 12.5 Å². The summed E-state index contributed by atoms with van der Waals surface area (Å²) < 4.78 is 1.02. The van der Waals surface area contributed by atoms with Crippen LogP contribution in [0.3, 0.4) is 0 Å². The fraction of sp³-hybridized carbons (Fsp3) is 0.500. The van der Waals surface area contributed by atoms with Crippen LogP contribution in [0.15, 0.2) is 28.7 Å². The molecular weight excluding hydrogens is 308 g/mol. The predicted molar refractivity (Wildman–Crippen MR) is 79.6 cm³/mol. The van der Waals surface area contributed by atoms with Gasteiger partial charge in [-0.2, -0.15) is 0 Å². The van der Waals surface area contributed by atoms with E-state index in [1.807, 2.05) is 24.3 Å². The quantitative estimate of drug-likeness (QED) is 0.926. The summed E-state index contributed by atoms with van der Waals surface area (Å²) in [5.41, 5.74) is 1.09. The molecule has 0 saturated carbocycles. The van der Waals surface area contributed by atoms with E-state index >= 15 is 0 Å². The molecule has 1 unspecified atom stereocenters. The molecule has 1 aromatic carbocycles. The van der Waals surface area contributed by atoms with Crippen LogP contribution in [0.5, 0.6) is 0 Å². The average Bonchev–Trinajstić information content (AvgIpc) is 2.51. The average molecular weight is 327 g/mol. The normalized spacial score (nSPS) is 21.2. The van der Waals surface area contributed by atoms with Crippen molar-refractivity contribution < 1.29 is 9.90 Å². The first-order valence-electron chi connectivity index (χ1n) is 6.49. The fourth-order valence-corrected chi connectivity index (χ4v) is 3.13.